The molecule has 1 N–H and O–H groups in total. The lowest BCUT2D eigenvalue weighted by Gasteiger charge is -2.23. The molecule has 1 aromatic carbocycles. The standard InChI is InChI=1S/C16H22N2O2/c1-4-8-18(9-10-19)15-11-12(2)13-6-5-7-14(20-3)16(13)17-15/h5-7,11,19H,4,8-10H2,1-3H3. The number of benzene rings is 1. The van der Waals surface area contributed by atoms with Crippen molar-refractivity contribution in [2.75, 3.05) is 31.7 Å². The quantitative estimate of drug-likeness (QED) is 0.880. The highest BCUT2D eigenvalue weighted by atomic mass is 16.5. The largest absolute Gasteiger partial charge is 0.494 e. The molecule has 108 valence electrons. The highest BCUT2D eigenvalue weighted by molar-refractivity contribution is 5.88. The minimum atomic E-state index is 0.130. The minimum absolute atomic E-state index is 0.130. The van der Waals surface area contributed by atoms with Gasteiger partial charge in [-0.1, -0.05) is 19.1 Å². The van der Waals surface area contributed by atoms with Gasteiger partial charge in [0.1, 0.15) is 17.1 Å². The van der Waals surface area contributed by atoms with E-state index in [0.29, 0.717) is 6.54 Å². The van der Waals surface area contributed by atoms with Gasteiger partial charge in [0, 0.05) is 18.5 Å². The number of para-hydroxylation sites is 1. The van der Waals surface area contributed by atoms with Crippen molar-refractivity contribution in [1.29, 1.82) is 0 Å². The lowest BCUT2D eigenvalue weighted by molar-refractivity contribution is 0.301. The second-order valence-corrected chi connectivity index (χ2v) is 4.86. The number of pyridine rings is 1. The smallest absolute Gasteiger partial charge is 0.145 e. The summed E-state index contributed by atoms with van der Waals surface area (Å²) in [4.78, 5) is 6.84. The predicted octanol–water partition coefficient (Wildman–Crippen LogP) is 2.76. The van der Waals surface area contributed by atoms with Crippen molar-refractivity contribution in [2.45, 2.75) is 20.3 Å². The molecule has 0 amide bonds. The molecule has 0 spiro atoms. The molecule has 0 aliphatic rings. The first-order valence-electron chi connectivity index (χ1n) is 7.01. The lowest BCUT2D eigenvalue weighted by Crippen LogP contribution is -2.28. The lowest BCUT2D eigenvalue weighted by atomic mass is 10.1. The molecule has 0 aliphatic carbocycles. The molecule has 0 aliphatic heterocycles. The zero-order chi connectivity index (χ0) is 14.5. The average molecular weight is 274 g/mol. The maximum absolute atomic E-state index is 9.21. The predicted molar refractivity (Wildman–Crippen MR) is 82.6 cm³/mol. The van der Waals surface area contributed by atoms with Gasteiger partial charge in [-0.05, 0) is 31.0 Å². The van der Waals surface area contributed by atoms with E-state index in [2.05, 4.69) is 30.9 Å². The molecule has 0 radical (unpaired) electrons. The molecule has 20 heavy (non-hydrogen) atoms. The van der Waals surface area contributed by atoms with E-state index < -0.39 is 0 Å². The van der Waals surface area contributed by atoms with Gasteiger partial charge >= 0.3 is 0 Å². The topological polar surface area (TPSA) is 45.6 Å². The maximum atomic E-state index is 9.21. The summed E-state index contributed by atoms with van der Waals surface area (Å²) in [7, 11) is 1.66. The van der Waals surface area contributed by atoms with Crippen molar-refractivity contribution in [2.24, 2.45) is 0 Å². The number of anilines is 1. The van der Waals surface area contributed by atoms with Gasteiger partial charge in [0.2, 0.25) is 0 Å². The van der Waals surface area contributed by atoms with Crippen molar-refractivity contribution in [1.82, 2.24) is 4.98 Å². The molecular weight excluding hydrogens is 252 g/mol. The van der Waals surface area contributed by atoms with Crippen LogP contribution in [0.1, 0.15) is 18.9 Å². The van der Waals surface area contributed by atoms with Crippen molar-refractivity contribution < 1.29 is 9.84 Å². The molecular formula is C16H22N2O2. The average Bonchev–Trinajstić information content (AvgIpc) is 2.46. The summed E-state index contributed by atoms with van der Waals surface area (Å²) in [5, 5.41) is 10.3. The first kappa shape index (κ1) is 14.6. The Hall–Kier alpha value is -1.81. The molecule has 0 unspecified atom stereocenters. The molecule has 0 atom stereocenters. The van der Waals surface area contributed by atoms with E-state index in [-0.39, 0.29) is 6.61 Å². The van der Waals surface area contributed by atoms with Gasteiger partial charge in [-0.25, -0.2) is 4.98 Å². The summed E-state index contributed by atoms with van der Waals surface area (Å²) in [5.41, 5.74) is 2.05. The Morgan fingerprint density at radius 1 is 1.30 bits per heavy atom. The summed E-state index contributed by atoms with van der Waals surface area (Å²) in [6.07, 6.45) is 1.02. The molecule has 0 saturated carbocycles. The number of aryl methyl sites for hydroxylation is 1. The molecule has 4 nitrogen and oxygen atoms in total. The Kier molecular flexibility index (Phi) is 4.79. The van der Waals surface area contributed by atoms with E-state index in [9.17, 15) is 5.11 Å². The third-order valence-corrected chi connectivity index (χ3v) is 3.40. The molecule has 0 saturated heterocycles. The van der Waals surface area contributed by atoms with Crippen molar-refractivity contribution in [3.05, 3.63) is 29.8 Å². The SMILES string of the molecule is CCCN(CCO)c1cc(C)c2cccc(OC)c2n1. The van der Waals surface area contributed by atoms with E-state index in [4.69, 9.17) is 9.72 Å². The fourth-order valence-electron chi connectivity index (χ4n) is 2.43. The summed E-state index contributed by atoms with van der Waals surface area (Å²) in [6, 6.07) is 8.04. The van der Waals surface area contributed by atoms with Gasteiger partial charge in [-0.3, -0.25) is 0 Å². The van der Waals surface area contributed by atoms with Crippen LogP contribution in [0.3, 0.4) is 0 Å². The van der Waals surface area contributed by atoms with E-state index in [1.165, 1.54) is 5.56 Å². The van der Waals surface area contributed by atoms with E-state index in [1.54, 1.807) is 7.11 Å². The highest BCUT2D eigenvalue weighted by Gasteiger charge is 2.12. The summed E-state index contributed by atoms with van der Waals surface area (Å²) < 4.78 is 5.41. The summed E-state index contributed by atoms with van der Waals surface area (Å²) in [5.74, 6) is 1.68. The van der Waals surface area contributed by atoms with E-state index in [1.807, 2.05) is 12.1 Å². The third-order valence-electron chi connectivity index (χ3n) is 3.40. The first-order chi connectivity index (χ1) is 9.71. The number of fused-ring (bicyclic) bond motifs is 1. The number of rotatable bonds is 6. The number of ether oxygens (including phenoxy) is 1. The fourth-order valence-corrected chi connectivity index (χ4v) is 2.43. The summed E-state index contributed by atoms with van der Waals surface area (Å²) >= 11 is 0. The van der Waals surface area contributed by atoms with Crippen LogP contribution in [0.15, 0.2) is 24.3 Å². The number of nitrogens with zero attached hydrogens (tertiary/aromatic N) is 2. The number of aromatic nitrogens is 1. The normalized spacial score (nSPS) is 10.8. The van der Waals surface area contributed by atoms with Gasteiger partial charge in [0.25, 0.3) is 0 Å². The van der Waals surface area contributed by atoms with Crippen LogP contribution in [-0.2, 0) is 0 Å². The van der Waals surface area contributed by atoms with Crippen LogP contribution in [0.5, 0.6) is 5.75 Å². The second kappa shape index (κ2) is 6.57. The van der Waals surface area contributed by atoms with Crippen LogP contribution in [0, 0.1) is 6.92 Å². The Bertz CT molecular complexity index is 578. The zero-order valence-electron chi connectivity index (χ0n) is 12.4. The monoisotopic (exact) mass is 274 g/mol. The van der Waals surface area contributed by atoms with Gasteiger partial charge in [0.15, 0.2) is 0 Å². The number of hydrogen-bond donors (Lipinski definition) is 1. The van der Waals surface area contributed by atoms with E-state index in [0.717, 1.165) is 35.4 Å². The Morgan fingerprint density at radius 2 is 2.10 bits per heavy atom. The fraction of sp³-hybridized carbons (Fsp3) is 0.438. The van der Waals surface area contributed by atoms with Crippen LogP contribution < -0.4 is 9.64 Å². The van der Waals surface area contributed by atoms with Gasteiger partial charge in [-0.15, -0.1) is 0 Å². The van der Waals surface area contributed by atoms with Crippen LogP contribution in [0.25, 0.3) is 10.9 Å². The maximum Gasteiger partial charge on any atom is 0.145 e. The Labute approximate surface area is 120 Å². The molecule has 1 heterocycles. The molecule has 0 bridgehead atoms. The van der Waals surface area contributed by atoms with Crippen molar-refractivity contribution in [3.8, 4) is 5.75 Å². The van der Waals surface area contributed by atoms with Crippen LogP contribution in [0.2, 0.25) is 0 Å². The highest BCUT2D eigenvalue weighted by Crippen LogP contribution is 2.29. The number of methoxy groups -OCH3 is 1. The number of aliphatic hydroxyl groups is 1. The van der Waals surface area contributed by atoms with Gasteiger partial charge < -0.3 is 14.7 Å². The molecule has 1 aromatic heterocycles. The van der Waals surface area contributed by atoms with Crippen LogP contribution >= 0.6 is 0 Å². The van der Waals surface area contributed by atoms with Gasteiger partial charge in [0.05, 0.1) is 13.7 Å². The third kappa shape index (κ3) is 2.85. The van der Waals surface area contributed by atoms with Crippen molar-refractivity contribution >= 4 is 16.7 Å². The molecule has 2 rings (SSSR count). The number of hydrogen-bond acceptors (Lipinski definition) is 4. The second-order valence-electron chi connectivity index (χ2n) is 4.86. The number of aliphatic hydroxyl groups excluding tert-OH is 1. The summed E-state index contributed by atoms with van der Waals surface area (Å²) in [6.45, 7) is 5.81. The van der Waals surface area contributed by atoms with Crippen LogP contribution in [-0.4, -0.2) is 36.9 Å². The Morgan fingerprint density at radius 3 is 2.75 bits per heavy atom. The van der Waals surface area contributed by atoms with Crippen molar-refractivity contribution in [3.63, 3.8) is 0 Å². The molecule has 2 aromatic rings. The van der Waals surface area contributed by atoms with Gasteiger partial charge in [-0.2, -0.15) is 0 Å². The minimum Gasteiger partial charge on any atom is -0.494 e. The Balaban J connectivity index is 2.54. The molecule has 0 fully saturated rings. The van der Waals surface area contributed by atoms with E-state index >= 15 is 0 Å². The van der Waals surface area contributed by atoms with Crippen LogP contribution in [0.4, 0.5) is 5.82 Å². The first-order valence-corrected chi connectivity index (χ1v) is 7.01. The zero-order valence-corrected chi connectivity index (χ0v) is 12.4. The molecule has 4 heteroatoms.